The number of carbonyl (C=O) groups is 1. The lowest BCUT2D eigenvalue weighted by Gasteiger charge is -2.15. The number of hydrogen-bond acceptors (Lipinski definition) is 4. The average Bonchev–Trinajstić information content (AvgIpc) is 2.84. The van der Waals surface area contributed by atoms with Gasteiger partial charge in [-0.2, -0.15) is 0 Å². The summed E-state index contributed by atoms with van der Waals surface area (Å²) in [6.07, 6.45) is 31.7. The number of esters is 1. The van der Waals surface area contributed by atoms with Gasteiger partial charge in [0.25, 0.3) is 0 Å². The van der Waals surface area contributed by atoms with Crippen LogP contribution in [0.15, 0.2) is 36.5 Å². The third-order valence-electron chi connectivity index (χ3n) is 5.73. The van der Waals surface area contributed by atoms with E-state index in [2.05, 4.69) is 50.3 Å². The van der Waals surface area contributed by atoms with Gasteiger partial charge in [0, 0.05) is 13.0 Å². The summed E-state index contributed by atoms with van der Waals surface area (Å²) in [4.78, 5) is 12.0. The zero-order chi connectivity index (χ0) is 25.0. The van der Waals surface area contributed by atoms with Gasteiger partial charge >= 0.3 is 5.97 Å². The van der Waals surface area contributed by atoms with Crippen molar-refractivity contribution < 1.29 is 19.4 Å². The fourth-order valence-electron chi connectivity index (χ4n) is 3.63. The van der Waals surface area contributed by atoms with E-state index in [0.29, 0.717) is 13.0 Å². The molecule has 0 radical (unpaired) electrons. The molecule has 0 aromatic rings. The van der Waals surface area contributed by atoms with E-state index < -0.39 is 6.10 Å². The standard InChI is InChI=1S/C30H54O4/c1-3-5-7-9-11-12-13-14-15-16-17-18-19-21-23-25-30(32)34-29(27-31)28-33-26-24-22-20-10-8-6-4-2/h5,7,11-12,14-15,29,31H,3-4,6,8-10,13,16-28H2,1-2H3/b7-5-,12-11-,15-14-. The highest BCUT2D eigenvalue weighted by atomic mass is 16.6. The van der Waals surface area contributed by atoms with Gasteiger partial charge in [-0.15, -0.1) is 0 Å². The molecule has 0 aromatic carbocycles. The summed E-state index contributed by atoms with van der Waals surface area (Å²) in [6.45, 7) is 5.16. The summed E-state index contributed by atoms with van der Waals surface area (Å²) in [5, 5.41) is 9.43. The number of unbranched alkanes of at least 4 members (excludes halogenated alkanes) is 11. The Morgan fingerprint density at radius 2 is 1.32 bits per heavy atom. The lowest BCUT2D eigenvalue weighted by Crippen LogP contribution is -2.27. The molecule has 1 atom stereocenters. The first kappa shape index (κ1) is 32.6. The van der Waals surface area contributed by atoms with Crippen LogP contribution in [-0.4, -0.2) is 37.0 Å². The first-order valence-corrected chi connectivity index (χ1v) is 14.1. The van der Waals surface area contributed by atoms with Crippen LogP contribution in [0.3, 0.4) is 0 Å². The van der Waals surface area contributed by atoms with Crippen molar-refractivity contribution in [3.8, 4) is 0 Å². The minimum atomic E-state index is -0.536. The molecule has 1 N–H and O–H groups in total. The predicted molar refractivity (Wildman–Crippen MR) is 145 cm³/mol. The summed E-state index contributed by atoms with van der Waals surface area (Å²) in [5.41, 5.74) is 0. The average molecular weight is 479 g/mol. The van der Waals surface area contributed by atoms with Crippen LogP contribution in [0, 0.1) is 0 Å². The monoisotopic (exact) mass is 478 g/mol. The van der Waals surface area contributed by atoms with E-state index in [-0.39, 0.29) is 19.2 Å². The molecule has 0 saturated heterocycles. The summed E-state index contributed by atoms with van der Waals surface area (Å²) in [5.74, 6) is -0.222. The van der Waals surface area contributed by atoms with Crippen molar-refractivity contribution in [1.29, 1.82) is 0 Å². The molecule has 0 aromatic heterocycles. The van der Waals surface area contributed by atoms with E-state index in [0.717, 1.165) is 51.4 Å². The van der Waals surface area contributed by atoms with Crippen LogP contribution in [0.2, 0.25) is 0 Å². The molecule has 0 bridgehead atoms. The van der Waals surface area contributed by atoms with Gasteiger partial charge in [0.15, 0.2) is 0 Å². The number of aliphatic hydroxyl groups excluding tert-OH is 1. The molecule has 0 heterocycles. The van der Waals surface area contributed by atoms with Crippen LogP contribution < -0.4 is 0 Å². The first-order chi connectivity index (χ1) is 16.7. The Balaban J connectivity index is 3.53. The van der Waals surface area contributed by atoms with Crippen molar-refractivity contribution in [3.05, 3.63) is 36.5 Å². The zero-order valence-electron chi connectivity index (χ0n) is 22.4. The Kier molecular flexibility index (Phi) is 26.7. The highest BCUT2D eigenvalue weighted by Crippen LogP contribution is 2.10. The van der Waals surface area contributed by atoms with Crippen molar-refractivity contribution in [2.45, 2.75) is 129 Å². The molecule has 4 heteroatoms. The number of ether oxygens (including phenoxy) is 2. The van der Waals surface area contributed by atoms with Crippen molar-refractivity contribution in [2.24, 2.45) is 0 Å². The van der Waals surface area contributed by atoms with E-state index in [1.807, 2.05) is 0 Å². The lowest BCUT2D eigenvalue weighted by molar-refractivity contribution is -0.154. The maximum absolute atomic E-state index is 12.0. The molecule has 0 amide bonds. The Hall–Kier alpha value is -1.39. The maximum Gasteiger partial charge on any atom is 0.306 e. The SMILES string of the molecule is CC/C=C\C/C=C\C/C=C\CCCCCCCC(=O)OC(CO)COCCCCCCCCC. The predicted octanol–water partition coefficient (Wildman–Crippen LogP) is 8.25. The number of hydrogen-bond donors (Lipinski definition) is 1. The Labute approximate surface area is 210 Å². The number of allylic oxidation sites excluding steroid dienone is 6. The largest absolute Gasteiger partial charge is 0.457 e. The van der Waals surface area contributed by atoms with Gasteiger partial charge in [-0.1, -0.05) is 108 Å². The van der Waals surface area contributed by atoms with Gasteiger partial charge in [0.1, 0.15) is 6.10 Å². The van der Waals surface area contributed by atoms with Crippen LogP contribution in [0.25, 0.3) is 0 Å². The molecule has 0 rings (SSSR count). The minimum absolute atomic E-state index is 0.179. The van der Waals surface area contributed by atoms with Gasteiger partial charge in [0.05, 0.1) is 13.2 Å². The van der Waals surface area contributed by atoms with Crippen LogP contribution in [0.5, 0.6) is 0 Å². The second kappa shape index (κ2) is 27.9. The smallest absolute Gasteiger partial charge is 0.306 e. The van der Waals surface area contributed by atoms with E-state index in [1.54, 1.807) is 0 Å². The third-order valence-corrected chi connectivity index (χ3v) is 5.73. The summed E-state index contributed by atoms with van der Waals surface area (Å²) >= 11 is 0. The van der Waals surface area contributed by atoms with Crippen LogP contribution in [-0.2, 0) is 14.3 Å². The molecule has 34 heavy (non-hydrogen) atoms. The fourth-order valence-corrected chi connectivity index (χ4v) is 3.63. The molecule has 0 aliphatic rings. The molecule has 1 unspecified atom stereocenters. The number of rotatable bonds is 25. The lowest BCUT2D eigenvalue weighted by atomic mass is 10.1. The summed E-state index contributed by atoms with van der Waals surface area (Å²) in [7, 11) is 0. The van der Waals surface area contributed by atoms with Crippen molar-refractivity contribution in [3.63, 3.8) is 0 Å². The zero-order valence-corrected chi connectivity index (χ0v) is 22.4. The maximum atomic E-state index is 12.0. The summed E-state index contributed by atoms with van der Waals surface area (Å²) < 4.78 is 11.0. The quantitative estimate of drug-likeness (QED) is 0.0815. The Bertz CT molecular complexity index is 510. The molecule has 0 saturated carbocycles. The van der Waals surface area contributed by atoms with E-state index in [1.165, 1.54) is 51.4 Å². The molecule has 0 aliphatic heterocycles. The molecule has 4 nitrogen and oxygen atoms in total. The molecular weight excluding hydrogens is 424 g/mol. The van der Waals surface area contributed by atoms with Crippen molar-refractivity contribution in [2.75, 3.05) is 19.8 Å². The third kappa shape index (κ3) is 25.2. The molecule has 0 aliphatic carbocycles. The van der Waals surface area contributed by atoms with Gasteiger partial charge in [-0.25, -0.2) is 0 Å². The molecule has 0 fully saturated rings. The van der Waals surface area contributed by atoms with E-state index in [9.17, 15) is 9.90 Å². The first-order valence-electron chi connectivity index (χ1n) is 14.1. The minimum Gasteiger partial charge on any atom is -0.457 e. The second-order valence-corrected chi connectivity index (χ2v) is 9.09. The summed E-state index contributed by atoms with van der Waals surface area (Å²) in [6, 6.07) is 0. The topological polar surface area (TPSA) is 55.8 Å². The van der Waals surface area contributed by atoms with Gasteiger partial charge in [-0.3, -0.25) is 4.79 Å². The number of aliphatic hydroxyl groups is 1. The Morgan fingerprint density at radius 3 is 2.00 bits per heavy atom. The van der Waals surface area contributed by atoms with E-state index in [4.69, 9.17) is 9.47 Å². The van der Waals surface area contributed by atoms with Crippen molar-refractivity contribution in [1.82, 2.24) is 0 Å². The fraction of sp³-hybridized carbons (Fsp3) is 0.767. The van der Waals surface area contributed by atoms with E-state index >= 15 is 0 Å². The van der Waals surface area contributed by atoms with Crippen LogP contribution in [0.4, 0.5) is 0 Å². The van der Waals surface area contributed by atoms with Gasteiger partial charge in [0.2, 0.25) is 0 Å². The Morgan fingerprint density at radius 1 is 0.735 bits per heavy atom. The highest BCUT2D eigenvalue weighted by Gasteiger charge is 2.13. The van der Waals surface area contributed by atoms with Crippen molar-refractivity contribution >= 4 is 5.97 Å². The van der Waals surface area contributed by atoms with Gasteiger partial charge < -0.3 is 14.6 Å². The highest BCUT2D eigenvalue weighted by molar-refractivity contribution is 5.69. The molecule has 198 valence electrons. The normalized spacial score (nSPS) is 12.9. The molecular formula is C30H54O4. The van der Waals surface area contributed by atoms with Gasteiger partial charge in [-0.05, 0) is 44.9 Å². The second-order valence-electron chi connectivity index (χ2n) is 9.09. The van der Waals surface area contributed by atoms with Crippen LogP contribution in [0.1, 0.15) is 123 Å². The number of carbonyl (C=O) groups excluding carboxylic acids is 1. The van der Waals surface area contributed by atoms with Crippen LogP contribution >= 0.6 is 0 Å². The molecule has 0 spiro atoms.